The van der Waals surface area contributed by atoms with Crippen molar-refractivity contribution in [3.05, 3.63) is 99.5 Å². The van der Waals surface area contributed by atoms with Gasteiger partial charge in [-0.15, -0.1) is 0 Å². The highest BCUT2D eigenvalue weighted by atomic mass is 19.4. The molecule has 3 aromatic rings. The first kappa shape index (κ1) is 20.2. The number of nitrogens with one attached hydrogen (secondary N) is 1. The summed E-state index contributed by atoms with van der Waals surface area (Å²) in [5.74, 6) is -2.67. The lowest BCUT2D eigenvalue weighted by Gasteiger charge is -2.12. The van der Waals surface area contributed by atoms with Crippen molar-refractivity contribution in [2.24, 2.45) is 0 Å². The third-order valence-electron chi connectivity index (χ3n) is 4.04. The maximum Gasteiger partial charge on any atom is 0.419 e. The second-order valence-corrected chi connectivity index (χ2v) is 6.16. The molecule has 0 saturated heterocycles. The normalized spacial score (nSPS) is 11.3. The highest BCUT2D eigenvalue weighted by molar-refractivity contribution is 6.04. The van der Waals surface area contributed by atoms with Gasteiger partial charge in [-0.2, -0.15) is 13.2 Å². The number of pyridine rings is 1. The molecule has 3 rings (SSSR count). The standard InChI is InChI=1S/C20H13F5N2O2/c21-14-4-1-12(2-5-14)10-27-11-13(3-8-18(27)28)19(29)26-15-6-7-17(22)16(9-15)20(23,24)25/h1-9,11H,10H2,(H,26,29). The van der Waals surface area contributed by atoms with E-state index in [9.17, 15) is 31.5 Å². The Morgan fingerprint density at radius 2 is 1.66 bits per heavy atom. The van der Waals surface area contributed by atoms with Crippen LogP contribution in [0.3, 0.4) is 0 Å². The molecule has 0 aliphatic rings. The predicted octanol–water partition coefficient (Wildman–Crippen LogP) is 4.45. The van der Waals surface area contributed by atoms with E-state index in [4.69, 9.17) is 0 Å². The zero-order valence-electron chi connectivity index (χ0n) is 14.6. The summed E-state index contributed by atoms with van der Waals surface area (Å²) in [6.45, 7) is 0.0645. The van der Waals surface area contributed by atoms with Gasteiger partial charge < -0.3 is 9.88 Å². The molecule has 1 amide bonds. The molecule has 29 heavy (non-hydrogen) atoms. The molecule has 0 radical (unpaired) electrons. The Morgan fingerprint density at radius 3 is 2.31 bits per heavy atom. The second kappa shape index (κ2) is 7.86. The average Bonchev–Trinajstić information content (AvgIpc) is 2.66. The molecular formula is C20H13F5N2O2. The Balaban J connectivity index is 1.83. The quantitative estimate of drug-likeness (QED) is 0.649. The van der Waals surface area contributed by atoms with Gasteiger partial charge in [0.05, 0.1) is 17.7 Å². The molecule has 1 aromatic heterocycles. The fraction of sp³-hybridized carbons (Fsp3) is 0.100. The number of aromatic nitrogens is 1. The molecular weight excluding hydrogens is 395 g/mol. The Bertz CT molecular complexity index is 1110. The fourth-order valence-electron chi connectivity index (χ4n) is 2.60. The predicted molar refractivity (Wildman–Crippen MR) is 95.6 cm³/mol. The Labute approximate surface area is 161 Å². The van der Waals surface area contributed by atoms with E-state index in [1.54, 1.807) is 0 Å². The molecule has 0 aliphatic heterocycles. The number of alkyl halides is 3. The van der Waals surface area contributed by atoms with Gasteiger partial charge in [-0.25, -0.2) is 8.78 Å². The van der Waals surface area contributed by atoms with Crippen LogP contribution < -0.4 is 10.9 Å². The van der Waals surface area contributed by atoms with Crippen LogP contribution in [0.25, 0.3) is 0 Å². The van der Waals surface area contributed by atoms with Gasteiger partial charge in [-0.05, 0) is 42.0 Å². The molecule has 9 heteroatoms. The maximum absolute atomic E-state index is 13.4. The molecule has 0 spiro atoms. The highest BCUT2D eigenvalue weighted by Crippen LogP contribution is 2.33. The van der Waals surface area contributed by atoms with Crippen molar-refractivity contribution in [1.29, 1.82) is 0 Å². The van der Waals surface area contributed by atoms with E-state index in [1.165, 1.54) is 41.1 Å². The van der Waals surface area contributed by atoms with Gasteiger partial charge in [0.2, 0.25) is 0 Å². The summed E-state index contributed by atoms with van der Waals surface area (Å²) >= 11 is 0. The molecule has 0 unspecified atom stereocenters. The van der Waals surface area contributed by atoms with Crippen molar-refractivity contribution >= 4 is 11.6 Å². The summed E-state index contributed by atoms with van der Waals surface area (Å²) < 4.78 is 66.0. The van der Waals surface area contributed by atoms with Crippen LogP contribution in [-0.4, -0.2) is 10.5 Å². The van der Waals surface area contributed by atoms with Crippen LogP contribution in [0.4, 0.5) is 27.6 Å². The van der Waals surface area contributed by atoms with Crippen LogP contribution in [-0.2, 0) is 12.7 Å². The number of nitrogens with zero attached hydrogens (tertiary/aromatic N) is 1. The van der Waals surface area contributed by atoms with Gasteiger partial charge in [-0.3, -0.25) is 9.59 Å². The Morgan fingerprint density at radius 1 is 0.966 bits per heavy atom. The van der Waals surface area contributed by atoms with Crippen LogP contribution in [0, 0.1) is 11.6 Å². The van der Waals surface area contributed by atoms with Gasteiger partial charge in [-0.1, -0.05) is 12.1 Å². The first-order chi connectivity index (χ1) is 13.6. The smallest absolute Gasteiger partial charge is 0.322 e. The summed E-state index contributed by atoms with van der Waals surface area (Å²) in [5.41, 5.74) is -1.56. The lowest BCUT2D eigenvalue weighted by Crippen LogP contribution is -2.22. The van der Waals surface area contributed by atoms with Crippen LogP contribution in [0.15, 0.2) is 65.6 Å². The molecule has 4 nitrogen and oxygen atoms in total. The number of hydrogen-bond donors (Lipinski definition) is 1. The second-order valence-electron chi connectivity index (χ2n) is 6.16. The zero-order valence-corrected chi connectivity index (χ0v) is 14.6. The number of halogens is 5. The van der Waals surface area contributed by atoms with Crippen molar-refractivity contribution in [3.8, 4) is 0 Å². The van der Waals surface area contributed by atoms with Crippen LogP contribution in [0.5, 0.6) is 0 Å². The molecule has 0 bridgehead atoms. The minimum atomic E-state index is -4.91. The van der Waals surface area contributed by atoms with E-state index in [1.807, 2.05) is 0 Å². The summed E-state index contributed by atoms with van der Waals surface area (Å²) in [7, 11) is 0. The Kier molecular flexibility index (Phi) is 5.49. The molecule has 0 saturated carbocycles. The van der Waals surface area contributed by atoms with Crippen molar-refractivity contribution in [2.45, 2.75) is 12.7 Å². The number of benzene rings is 2. The first-order valence-electron chi connectivity index (χ1n) is 8.26. The molecule has 0 aliphatic carbocycles. The highest BCUT2D eigenvalue weighted by Gasteiger charge is 2.34. The largest absolute Gasteiger partial charge is 0.419 e. The van der Waals surface area contributed by atoms with E-state index in [0.717, 1.165) is 12.1 Å². The number of carbonyl (C=O) groups excluding carboxylic acids is 1. The van der Waals surface area contributed by atoms with Gasteiger partial charge in [0.1, 0.15) is 11.6 Å². The third kappa shape index (κ3) is 4.87. The number of hydrogen-bond acceptors (Lipinski definition) is 2. The summed E-state index contributed by atoms with van der Waals surface area (Å²) in [6, 6.07) is 9.84. The minimum absolute atomic E-state index is 0.00425. The van der Waals surface area contributed by atoms with Crippen molar-refractivity contribution in [2.75, 3.05) is 5.32 Å². The van der Waals surface area contributed by atoms with E-state index >= 15 is 0 Å². The lowest BCUT2D eigenvalue weighted by molar-refractivity contribution is -0.139. The number of rotatable bonds is 4. The van der Waals surface area contributed by atoms with Gasteiger partial charge in [0, 0.05) is 18.0 Å². The first-order valence-corrected chi connectivity index (χ1v) is 8.26. The molecule has 1 heterocycles. The molecule has 150 valence electrons. The number of anilines is 1. The van der Waals surface area contributed by atoms with E-state index in [0.29, 0.717) is 17.7 Å². The van der Waals surface area contributed by atoms with E-state index in [2.05, 4.69) is 5.32 Å². The molecule has 2 aromatic carbocycles. The zero-order chi connectivity index (χ0) is 21.2. The van der Waals surface area contributed by atoms with Gasteiger partial charge in [0.15, 0.2) is 0 Å². The molecule has 0 fully saturated rings. The van der Waals surface area contributed by atoms with Crippen molar-refractivity contribution in [3.63, 3.8) is 0 Å². The van der Waals surface area contributed by atoms with Crippen LogP contribution in [0.2, 0.25) is 0 Å². The molecule has 0 atom stereocenters. The summed E-state index contributed by atoms with van der Waals surface area (Å²) in [6.07, 6.45) is -3.68. The van der Waals surface area contributed by atoms with Crippen LogP contribution in [0.1, 0.15) is 21.5 Å². The Hall–Kier alpha value is -3.49. The summed E-state index contributed by atoms with van der Waals surface area (Å²) in [5, 5.41) is 2.25. The van der Waals surface area contributed by atoms with Gasteiger partial charge in [0.25, 0.3) is 11.5 Å². The van der Waals surface area contributed by atoms with Crippen molar-refractivity contribution < 1.29 is 26.7 Å². The minimum Gasteiger partial charge on any atom is -0.322 e. The topological polar surface area (TPSA) is 51.1 Å². The monoisotopic (exact) mass is 408 g/mol. The molecule has 1 N–H and O–H groups in total. The number of carbonyl (C=O) groups is 1. The van der Waals surface area contributed by atoms with Gasteiger partial charge >= 0.3 is 6.18 Å². The average molecular weight is 408 g/mol. The fourth-order valence-corrected chi connectivity index (χ4v) is 2.60. The van der Waals surface area contributed by atoms with E-state index < -0.39 is 34.8 Å². The SMILES string of the molecule is O=C(Nc1ccc(F)c(C(F)(F)F)c1)c1ccc(=O)n(Cc2ccc(F)cc2)c1. The lowest BCUT2D eigenvalue weighted by atomic mass is 10.1. The van der Waals surface area contributed by atoms with Crippen LogP contribution >= 0.6 is 0 Å². The van der Waals surface area contributed by atoms with E-state index in [-0.39, 0.29) is 17.8 Å². The number of amides is 1. The summed E-state index contributed by atoms with van der Waals surface area (Å²) in [4.78, 5) is 24.4. The third-order valence-corrected chi connectivity index (χ3v) is 4.04. The maximum atomic E-state index is 13.4. The van der Waals surface area contributed by atoms with Crippen molar-refractivity contribution in [1.82, 2.24) is 4.57 Å².